The first-order chi connectivity index (χ1) is 13.4. The summed E-state index contributed by atoms with van der Waals surface area (Å²) in [5.74, 6) is 0. The van der Waals surface area contributed by atoms with Gasteiger partial charge in [0.15, 0.2) is 8.32 Å². The van der Waals surface area contributed by atoms with Crippen molar-refractivity contribution < 1.29 is 9.16 Å². The molecule has 0 heterocycles. The quantitative estimate of drug-likeness (QED) is 0.178. The zero-order valence-electron chi connectivity index (χ0n) is 19.9. The summed E-state index contributed by atoms with van der Waals surface area (Å²) in [4.78, 5) is 0. The van der Waals surface area contributed by atoms with Crippen LogP contribution in [0.3, 0.4) is 0 Å². The Kier molecular flexibility index (Phi) is 8.12. The number of allylic oxidation sites excluding steroid dienone is 2. The summed E-state index contributed by atoms with van der Waals surface area (Å²) >= 11 is 2.34. The van der Waals surface area contributed by atoms with Crippen LogP contribution in [0.4, 0.5) is 0 Å². The third-order valence-corrected chi connectivity index (χ3v) is 13.3. The van der Waals surface area contributed by atoms with Crippen LogP contribution < -0.4 is 0 Å². The topological polar surface area (TPSA) is 18.5 Å². The van der Waals surface area contributed by atoms with Gasteiger partial charge in [-0.25, -0.2) is 0 Å². The minimum atomic E-state index is -1.91. The summed E-state index contributed by atoms with van der Waals surface area (Å²) in [5, 5.41) is 0.213. The Morgan fingerprint density at radius 1 is 1.24 bits per heavy atom. The smallest absolute Gasteiger partial charge is 0.192 e. The maximum absolute atomic E-state index is 7.41. The third kappa shape index (κ3) is 4.96. The number of hydrogen-bond donors (Lipinski definition) is 0. The fourth-order valence-corrected chi connectivity index (χ4v) is 7.25. The molecule has 166 valence electrons. The van der Waals surface area contributed by atoms with Gasteiger partial charge >= 0.3 is 0 Å². The van der Waals surface area contributed by atoms with E-state index in [4.69, 9.17) is 9.16 Å². The van der Waals surface area contributed by atoms with E-state index in [9.17, 15) is 0 Å². The molecule has 0 radical (unpaired) electrons. The average molecular weight is 531 g/mol. The minimum Gasteiger partial charge on any atom is -0.410 e. The van der Waals surface area contributed by atoms with E-state index in [0.717, 1.165) is 51.4 Å². The highest BCUT2D eigenvalue weighted by Gasteiger charge is 2.58. The molecule has 0 amide bonds. The van der Waals surface area contributed by atoms with Crippen molar-refractivity contribution in [1.29, 1.82) is 0 Å². The van der Waals surface area contributed by atoms with Gasteiger partial charge in [-0.1, -0.05) is 74.1 Å². The zero-order chi connectivity index (χ0) is 22.0. The van der Waals surface area contributed by atoms with E-state index < -0.39 is 8.32 Å². The Labute approximate surface area is 194 Å². The van der Waals surface area contributed by atoms with Crippen molar-refractivity contribution in [2.45, 2.75) is 108 Å². The molecule has 2 aliphatic carbocycles. The molecule has 0 aromatic carbocycles. The van der Waals surface area contributed by atoms with Gasteiger partial charge in [0.05, 0.1) is 11.2 Å². The van der Waals surface area contributed by atoms with Crippen LogP contribution in [0.5, 0.6) is 0 Å². The molecular weight excluding hydrogens is 487 g/mol. The van der Waals surface area contributed by atoms with Gasteiger partial charge < -0.3 is 9.16 Å². The second-order valence-corrected chi connectivity index (χ2v) is 16.4. The lowest BCUT2D eigenvalue weighted by Crippen LogP contribution is -2.61. The molecule has 0 N–H and O–H groups in total. The van der Waals surface area contributed by atoms with Crippen LogP contribution in [-0.4, -0.2) is 26.6 Å². The number of fused-ring (bicyclic) bond motifs is 1. The Morgan fingerprint density at radius 2 is 1.93 bits per heavy atom. The number of hydrogen-bond acceptors (Lipinski definition) is 2. The summed E-state index contributed by atoms with van der Waals surface area (Å²) in [6.07, 6.45) is 15.4. The van der Waals surface area contributed by atoms with E-state index in [1.165, 1.54) is 0 Å². The van der Waals surface area contributed by atoms with Crippen LogP contribution in [0.1, 0.15) is 79.1 Å². The molecule has 0 aliphatic heterocycles. The second-order valence-electron chi connectivity index (χ2n) is 10.9. The van der Waals surface area contributed by atoms with Gasteiger partial charge in [0.1, 0.15) is 0 Å². The minimum absolute atomic E-state index is 0.0791. The number of rotatable bonds is 8. The summed E-state index contributed by atoms with van der Waals surface area (Å²) in [7, 11) is -0.0328. The van der Waals surface area contributed by atoms with Crippen molar-refractivity contribution in [2.75, 3.05) is 7.11 Å². The molecule has 3 unspecified atom stereocenters. The molecule has 3 atom stereocenters. The summed E-state index contributed by atoms with van der Waals surface area (Å²) in [5.41, 5.74) is 1.48. The Bertz CT molecular complexity index is 648. The lowest BCUT2D eigenvalue weighted by molar-refractivity contribution is -0.110. The van der Waals surface area contributed by atoms with Crippen molar-refractivity contribution in [3.8, 4) is 0 Å². The van der Waals surface area contributed by atoms with E-state index in [1.807, 2.05) is 13.2 Å². The Morgan fingerprint density at radius 3 is 2.48 bits per heavy atom. The molecule has 0 aromatic heterocycles. The molecule has 2 aliphatic rings. The fourth-order valence-electron chi connectivity index (χ4n) is 5.17. The standard InChI is InChI=1S/C25H43IO2Si/c1-9-14-24(27-6)18-17-23(5)21(20-24)13-12-16-25(23,15-10-11-19-26)28-29(7,8)22(2,3)4/h9,11,13,19H,1,10,12,14-18,20H2,2-8H3/b19-11+. The predicted octanol–water partition coefficient (Wildman–Crippen LogP) is 8.35. The normalized spacial score (nSPS) is 33.4. The predicted molar refractivity (Wildman–Crippen MR) is 137 cm³/mol. The van der Waals surface area contributed by atoms with Crippen molar-refractivity contribution in [3.05, 3.63) is 34.5 Å². The van der Waals surface area contributed by atoms with Gasteiger partial charge in [0.25, 0.3) is 0 Å². The summed E-state index contributed by atoms with van der Waals surface area (Å²) in [6.45, 7) is 18.4. The van der Waals surface area contributed by atoms with Crippen molar-refractivity contribution in [1.82, 2.24) is 0 Å². The van der Waals surface area contributed by atoms with Gasteiger partial charge in [-0.05, 0) is 73.6 Å². The summed E-state index contributed by atoms with van der Waals surface area (Å²) in [6, 6.07) is 0. The maximum atomic E-state index is 7.41. The van der Waals surface area contributed by atoms with E-state index in [2.05, 4.69) is 86.2 Å². The fraction of sp³-hybridized carbons (Fsp3) is 0.760. The van der Waals surface area contributed by atoms with Crippen molar-refractivity contribution in [2.24, 2.45) is 5.41 Å². The monoisotopic (exact) mass is 530 g/mol. The van der Waals surface area contributed by atoms with E-state index >= 15 is 0 Å². The van der Waals surface area contributed by atoms with E-state index in [-0.39, 0.29) is 21.7 Å². The highest BCUT2D eigenvalue weighted by atomic mass is 127. The molecule has 0 saturated heterocycles. The van der Waals surface area contributed by atoms with Crippen LogP contribution >= 0.6 is 22.6 Å². The van der Waals surface area contributed by atoms with Crippen LogP contribution in [-0.2, 0) is 9.16 Å². The third-order valence-electron chi connectivity index (χ3n) is 8.26. The number of halogens is 1. The lowest BCUT2D eigenvalue weighted by atomic mass is 9.54. The molecule has 2 nitrogen and oxygen atoms in total. The summed E-state index contributed by atoms with van der Waals surface area (Å²) < 4.78 is 15.6. The molecule has 4 heteroatoms. The maximum Gasteiger partial charge on any atom is 0.192 e. The number of methoxy groups -OCH3 is 1. The lowest BCUT2D eigenvalue weighted by Gasteiger charge is -2.60. The van der Waals surface area contributed by atoms with Gasteiger partial charge in [-0.3, -0.25) is 0 Å². The Balaban J connectivity index is 2.47. The van der Waals surface area contributed by atoms with Gasteiger partial charge in [-0.2, -0.15) is 0 Å². The molecule has 0 bridgehead atoms. The first-order valence-electron chi connectivity index (χ1n) is 11.2. The second kappa shape index (κ2) is 9.29. The van der Waals surface area contributed by atoms with Gasteiger partial charge in [0.2, 0.25) is 0 Å². The largest absolute Gasteiger partial charge is 0.410 e. The average Bonchev–Trinajstić information content (AvgIpc) is 2.63. The molecule has 0 aromatic rings. The van der Waals surface area contributed by atoms with E-state index in [0.29, 0.717) is 0 Å². The zero-order valence-corrected chi connectivity index (χ0v) is 23.0. The van der Waals surface area contributed by atoms with Crippen LogP contribution in [0.2, 0.25) is 18.1 Å². The first-order valence-corrected chi connectivity index (χ1v) is 15.4. The molecular formula is C25H43IO2Si. The van der Waals surface area contributed by atoms with Crippen molar-refractivity contribution >= 4 is 30.9 Å². The van der Waals surface area contributed by atoms with E-state index in [1.54, 1.807) is 5.57 Å². The van der Waals surface area contributed by atoms with Crippen LogP contribution in [0, 0.1) is 5.41 Å². The molecule has 29 heavy (non-hydrogen) atoms. The highest BCUT2D eigenvalue weighted by Crippen LogP contribution is 2.60. The highest BCUT2D eigenvalue weighted by molar-refractivity contribution is 14.1. The molecule has 0 spiro atoms. The van der Waals surface area contributed by atoms with Crippen molar-refractivity contribution in [3.63, 3.8) is 0 Å². The van der Waals surface area contributed by atoms with Crippen LogP contribution in [0.25, 0.3) is 0 Å². The van der Waals surface area contributed by atoms with Crippen LogP contribution in [0.15, 0.2) is 34.5 Å². The van der Waals surface area contributed by atoms with Gasteiger partial charge in [-0.15, -0.1) is 6.58 Å². The SMILES string of the molecule is C=CCC1(OC)CCC2(C)C(=CCCC2(CC/C=C/I)O[Si](C)(C)C(C)(C)C)C1. The Hall–Kier alpha value is 0.0869. The molecule has 1 saturated carbocycles. The first kappa shape index (κ1) is 25.3. The van der Waals surface area contributed by atoms with Gasteiger partial charge in [0, 0.05) is 12.5 Å². The molecule has 1 fully saturated rings. The molecule has 2 rings (SSSR count). The number of ether oxygens (including phenoxy) is 1.